The molecule has 12 heteroatoms. The number of aliphatic hydroxyl groups is 4. The zero-order valence-corrected chi connectivity index (χ0v) is 21.4. The molecule has 0 aliphatic heterocycles. The van der Waals surface area contributed by atoms with Crippen molar-refractivity contribution in [1.82, 2.24) is 4.90 Å². The Labute approximate surface area is 215 Å². The highest BCUT2D eigenvalue weighted by atomic mass is 32.2. The number of nitrogens with two attached hydrogens (primary N) is 1. The molecule has 0 saturated heterocycles. The molecule has 37 heavy (non-hydrogen) atoms. The van der Waals surface area contributed by atoms with E-state index in [1.807, 2.05) is 6.92 Å². The summed E-state index contributed by atoms with van der Waals surface area (Å²) in [6.07, 6.45) is -1.13. The maximum absolute atomic E-state index is 14.0. The summed E-state index contributed by atoms with van der Waals surface area (Å²) in [5, 5.41) is 56.1. The van der Waals surface area contributed by atoms with Gasteiger partial charge < -0.3 is 31.3 Å². The van der Waals surface area contributed by atoms with Crippen LogP contribution in [0.25, 0.3) is 5.76 Å². The van der Waals surface area contributed by atoms with E-state index < -0.39 is 86.4 Å². The smallest absolute Gasteiger partial charge is 0.255 e. The lowest BCUT2D eigenvalue weighted by molar-refractivity contribution is -0.169. The monoisotopic (exact) mass is 534 g/mol. The summed E-state index contributed by atoms with van der Waals surface area (Å²) in [6, 6.07) is 2.92. The Morgan fingerprint density at radius 1 is 1.19 bits per heavy atom. The number of fused-ring (bicyclic) bond motifs is 3. The molecule has 11 nitrogen and oxygen atoms in total. The van der Waals surface area contributed by atoms with Gasteiger partial charge in [0.2, 0.25) is 5.78 Å². The number of ketones is 2. The maximum atomic E-state index is 14.0. The van der Waals surface area contributed by atoms with Crippen LogP contribution < -0.4 is 5.73 Å². The van der Waals surface area contributed by atoms with E-state index in [0.717, 1.165) is 0 Å². The number of hydrogen-bond donors (Lipinski definition) is 6. The van der Waals surface area contributed by atoms with Gasteiger partial charge in [0.05, 0.1) is 23.6 Å². The average molecular weight is 535 g/mol. The van der Waals surface area contributed by atoms with Crippen LogP contribution in [0.3, 0.4) is 0 Å². The van der Waals surface area contributed by atoms with Gasteiger partial charge in [-0.05, 0) is 32.1 Å². The van der Waals surface area contributed by atoms with Crippen LogP contribution in [-0.2, 0) is 25.2 Å². The maximum Gasteiger partial charge on any atom is 0.255 e. The van der Waals surface area contributed by atoms with Crippen molar-refractivity contribution in [3.05, 3.63) is 46.2 Å². The second kappa shape index (κ2) is 9.35. The molecule has 0 heterocycles. The number of carbonyl (C=O) groups excluding carboxylic acids is 3. The second-order valence-corrected chi connectivity index (χ2v) is 11.5. The fraction of sp³-hybridized carbons (Fsp3) is 0.480. The van der Waals surface area contributed by atoms with Crippen LogP contribution in [0.2, 0.25) is 0 Å². The molecule has 0 spiro atoms. The number of primary amides is 1. The predicted octanol–water partition coefficient (Wildman–Crippen LogP) is -0.365. The zero-order chi connectivity index (χ0) is 27.6. The molecule has 0 radical (unpaired) electrons. The van der Waals surface area contributed by atoms with Gasteiger partial charge in [0.15, 0.2) is 11.4 Å². The van der Waals surface area contributed by atoms with E-state index in [-0.39, 0.29) is 17.1 Å². The number of hydrogen-bond acceptors (Lipinski definition) is 10. The first kappa shape index (κ1) is 27.0. The average Bonchev–Trinajstić information content (AvgIpc) is 2.80. The van der Waals surface area contributed by atoms with Crippen molar-refractivity contribution in [2.45, 2.75) is 37.0 Å². The molecule has 4 rings (SSSR count). The standard InChI is InChI=1S/C25H30N2O9S/c1-4-8-37(36)9-11-10-6-5-7-12(28)13(10)19(29)15-14(11)20(30)17-18(27(2)3)21(31)16(24(26)34)23(33)25(17,35)22(15)32/h5-7,11,14,17-18,20,28-30,33,35H,4,8-9H2,1-3H3,(H2,26,34)/t11-,14-,17-,18+,20+,25+,37+/m1/s1. The number of Topliss-reactive ketones (excluding diaryl/α,β-unsaturated/α-hetero) is 2. The van der Waals surface area contributed by atoms with Gasteiger partial charge in [0.25, 0.3) is 5.91 Å². The molecule has 0 unspecified atom stereocenters. The van der Waals surface area contributed by atoms with E-state index in [1.165, 1.54) is 31.1 Å². The van der Waals surface area contributed by atoms with E-state index in [4.69, 9.17) is 5.73 Å². The molecule has 3 aliphatic carbocycles. The highest BCUT2D eigenvalue weighted by molar-refractivity contribution is 7.85. The summed E-state index contributed by atoms with van der Waals surface area (Å²) in [4.78, 5) is 40.6. The van der Waals surface area contributed by atoms with Crippen molar-refractivity contribution in [3.8, 4) is 5.75 Å². The van der Waals surface area contributed by atoms with Gasteiger partial charge in [-0.15, -0.1) is 0 Å². The van der Waals surface area contributed by atoms with Gasteiger partial charge in [-0.25, -0.2) is 0 Å². The van der Waals surface area contributed by atoms with Crippen molar-refractivity contribution >= 4 is 34.0 Å². The Hall–Kier alpha value is -3.06. The third kappa shape index (κ3) is 3.73. The van der Waals surface area contributed by atoms with E-state index in [9.17, 15) is 44.1 Å². The fourth-order valence-electron chi connectivity index (χ4n) is 6.10. The van der Waals surface area contributed by atoms with Crippen molar-refractivity contribution < 1.29 is 44.1 Å². The van der Waals surface area contributed by atoms with E-state index in [1.54, 1.807) is 6.07 Å². The van der Waals surface area contributed by atoms with Gasteiger partial charge in [-0.2, -0.15) is 0 Å². The summed E-state index contributed by atoms with van der Waals surface area (Å²) in [6.45, 7) is 1.84. The topological polar surface area (TPSA) is 199 Å². The SMILES string of the molecule is CCC[S@](=O)C[C@@H]1c2cccc(O)c2C(O)=C2C(=O)[C@]3(O)C(O)=C(C(N)=O)C(=O)[C@@H](N(C)C)[C@@H]3[C@@H](O)[C@@H]21. The van der Waals surface area contributed by atoms with Crippen molar-refractivity contribution in [1.29, 1.82) is 0 Å². The number of aliphatic hydroxyl groups excluding tert-OH is 3. The van der Waals surface area contributed by atoms with Crippen LogP contribution in [-0.4, -0.2) is 95.5 Å². The van der Waals surface area contributed by atoms with Gasteiger partial charge in [-0.1, -0.05) is 19.1 Å². The van der Waals surface area contributed by atoms with E-state index in [0.29, 0.717) is 17.7 Å². The van der Waals surface area contributed by atoms with Crippen molar-refractivity contribution in [2.75, 3.05) is 25.6 Å². The van der Waals surface area contributed by atoms with E-state index >= 15 is 0 Å². The third-order valence-electron chi connectivity index (χ3n) is 7.59. The van der Waals surface area contributed by atoms with E-state index in [2.05, 4.69) is 0 Å². The minimum atomic E-state index is -2.98. The van der Waals surface area contributed by atoms with Crippen molar-refractivity contribution in [2.24, 2.45) is 17.6 Å². The Bertz CT molecular complexity index is 1290. The summed E-state index contributed by atoms with van der Waals surface area (Å²) in [7, 11) is 1.46. The van der Waals surface area contributed by atoms with Gasteiger partial charge in [-0.3, -0.25) is 23.5 Å². The number of likely N-dealkylation sites (N-methyl/N-ethyl adjacent to an activating group) is 1. The van der Waals surface area contributed by atoms with Crippen LogP contribution in [0.5, 0.6) is 5.75 Å². The van der Waals surface area contributed by atoms with Crippen molar-refractivity contribution in [3.63, 3.8) is 0 Å². The summed E-state index contributed by atoms with van der Waals surface area (Å²) in [5.41, 5.74) is 1.07. The lowest BCUT2D eigenvalue weighted by Gasteiger charge is -2.54. The Morgan fingerprint density at radius 2 is 1.84 bits per heavy atom. The first-order valence-electron chi connectivity index (χ1n) is 11.8. The molecule has 1 saturated carbocycles. The van der Waals surface area contributed by atoms with Crippen LogP contribution in [0.1, 0.15) is 30.4 Å². The predicted molar refractivity (Wildman–Crippen MR) is 133 cm³/mol. The summed E-state index contributed by atoms with van der Waals surface area (Å²) in [5.74, 6) is -9.49. The number of nitrogens with zero attached hydrogens (tertiary/aromatic N) is 1. The van der Waals surface area contributed by atoms with Crippen LogP contribution in [0, 0.1) is 11.8 Å². The Balaban J connectivity index is 2.04. The number of benzene rings is 1. The fourth-order valence-corrected chi connectivity index (χ4v) is 7.51. The largest absolute Gasteiger partial charge is 0.508 e. The molecule has 7 atom stereocenters. The molecule has 0 bridgehead atoms. The molecule has 1 amide bonds. The normalized spacial score (nSPS) is 32.2. The van der Waals surface area contributed by atoms with Gasteiger partial charge in [0, 0.05) is 39.7 Å². The highest BCUT2D eigenvalue weighted by Crippen LogP contribution is 2.56. The van der Waals surface area contributed by atoms with Crippen LogP contribution in [0.15, 0.2) is 35.1 Å². The number of phenolic OH excluding ortho intramolecular Hbond substituents is 1. The first-order valence-corrected chi connectivity index (χ1v) is 13.3. The Kier molecular flexibility index (Phi) is 6.82. The summed E-state index contributed by atoms with van der Waals surface area (Å²) < 4.78 is 12.9. The molecule has 200 valence electrons. The quantitative estimate of drug-likeness (QED) is 0.262. The molecule has 0 aromatic heterocycles. The molecular formula is C25H30N2O9S. The molecule has 1 aromatic rings. The number of phenols is 1. The molecule has 1 fully saturated rings. The number of carbonyl (C=O) groups is 3. The molecular weight excluding hydrogens is 504 g/mol. The second-order valence-electron chi connectivity index (χ2n) is 9.92. The number of rotatable bonds is 6. The van der Waals surface area contributed by atoms with Gasteiger partial charge >= 0.3 is 0 Å². The lowest BCUT2D eigenvalue weighted by atomic mass is 9.54. The lowest BCUT2D eigenvalue weighted by Crippen LogP contribution is -2.70. The zero-order valence-electron chi connectivity index (χ0n) is 20.5. The molecule has 1 aromatic carbocycles. The number of amides is 1. The third-order valence-corrected chi connectivity index (χ3v) is 9.19. The van der Waals surface area contributed by atoms with Crippen LogP contribution in [0.4, 0.5) is 0 Å². The minimum absolute atomic E-state index is 0.0455. The Morgan fingerprint density at radius 3 is 2.41 bits per heavy atom. The van der Waals surface area contributed by atoms with Crippen LogP contribution >= 0.6 is 0 Å². The van der Waals surface area contributed by atoms with Gasteiger partial charge in [0.1, 0.15) is 22.8 Å². The minimum Gasteiger partial charge on any atom is -0.508 e. The highest BCUT2D eigenvalue weighted by Gasteiger charge is 2.68. The summed E-state index contributed by atoms with van der Waals surface area (Å²) >= 11 is 0. The molecule has 7 N–H and O–H groups in total. The molecule has 3 aliphatic rings. The number of aromatic hydroxyl groups is 1. The first-order chi connectivity index (χ1) is 17.3.